The fraction of sp³-hybridized carbons (Fsp3) is 0.872. The van der Waals surface area contributed by atoms with Gasteiger partial charge in [0.2, 0.25) is 0 Å². The molecule has 1 aromatic rings. The van der Waals surface area contributed by atoms with Gasteiger partial charge in [0, 0.05) is 29.8 Å². The summed E-state index contributed by atoms with van der Waals surface area (Å²) in [7, 11) is -3.44. The van der Waals surface area contributed by atoms with Crippen molar-refractivity contribution in [3.63, 3.8) is 0 Å². The van der Waals surface area contributed by atoms with Crippen molar-refractivity contribution in [2.45, 2.75) is 238 Å². The van der Waals surface area contributed by atoms with Crippen molar-refractivity contribution in [3.05, 3.63) is 34.2 Å². The van der Waals surface area contributed by atoms with Gasteiger partial charge in [0.05, 0.1) is 19.8 Å². The summed E-state index contributed by atoms with van der Waals surface area (Å²) in [5, 5.41) is 3.78. The van der Waals surface area contributed by atoms with Gasteiger partial charge in [-0.15, -0.1) is 0 Å². The van der Waals surface area contributed by atoms with Crippen molar-refractivity contribution in [1.82, 2.24) is 0 Å². The van der Waals surface area contributed by atoms with Crippen LogP contribution in [0.5, 0.6) is 11.5 Å². The molecule has 0 bridgehead atoms. The van der Waals surface area contributed by atoms with Crippen LogP contribution in [0.25, 0.3) is 10.4 Å². The summed E-state index contributed by atoms with van der Waals surface area (Å²) >= 11 is 0. The number of nitrogens with zero attached hydrogens (tertiary/aromatic N) is 3. The molecular weight excluding hydrogens is 727 g/mol. The molecule has 0 N–H and O–H groups in total. The van der Waals surface area contributed by atoms with E-state index < -0.39 is 16.6 Å². The molecule has 326 valence electrons. The molecule has 0 aromatic heterocycles. The minimum atomic E-state index is -1.72. The maximum absolute atomic E-state index is 8.88. The summed E-state index contributed by atoms with van der Waals surface area (Å²) in [6.45, 7) is 32.0. The number of hydrogen-bond donors (Lipinski definition) is 0. The van der Waals surface area contributed by atoms with Gasteiger partial charge in [-0.25, -0.2) is 0 Å². The first-order valence-corrected chi connectivity index (χ1v) is 27.7. The molecule has 0 saturated heterocycles. The predicted molar refractivity (Wildman–Crippen MR) is 247 cm³/mol. The smallest absolute Gasteiger partial charge is 0.200 e. The van der Waals surface area contributed by atoms with Crippen LogP contribution >= 0.6 is 0 Å². The van der Waals surface area contributed by atoms with E-state index in [1.54, 1.807) is 0 Å². The highest BCUT2D eigenvalue weighted by molar-refractivity contribution is 6.78. The Morgan fingerprint density at radius 2 is 0.786 bits per heavy atom. The Bertz CT molecular complexity index is 1130. The summed E-state index contributed by atoms with van der Waals surface area (Å²) in [5.41, 5.74) is 13.8. The van der Waals surface area contributed by atoms with Crippen LogP contribution in [0.15, 0.2) is 23.3 Å². The van der Waals surface area contributed by atoms with Crippen LogP contribution in [0.3, 0.4) is 0 Å². The third-order valence-electron chi connectivity index (χ3n) is 12.6. The molecule has 0 radical (unpaired) electrons. The van der Waals surface area contributed by atoms with Crippen molar-refractivity contribution in [1.29, 1.82) is 0 Å². The van der Waals surface area contributed by atoms with Gasteiger partial charge < -0.3 is 18.3 Å². The van der Waals surface area contributed by atoms with E-state index in [0.717, 1.165) is 43.1 Å². The molecule has 0 atom stereocenters. The predicted octanol–water partition coefficient (Wildman–Crippen LogP) is 16.7. The van der Waals surface area contributed by atoms with Crippen molar-refractivity contribution in [3.8, 4) is 11.5 Å². The lowest BCUT2D eigenvalue weighted by molar-refractivity contribution is 0.267. The average Bonchev–Trinajstić information content (AvgIpc) is 3.13. The van der Waals surface area contributed by atoms with Crippen LogP contribution in [0.1, 0.15) is 204 Å². The molecule has 0 fully saturated rings. The zero-order valence-corrected chi connectivity index (χ0v) is 40.9. The van der Waals surface area contributed by atoms with Gasteiger partial charge in [-0.05, 0) is 70.5 Å². The standard InChI is InChI=1S/C47H91N3O4Si2/c1-39(2)55(40(3)4,41(5)6)53-35-29-25-21-17-13-15-19-23-27-33-51-46-32-31-45(38-49-50-48)47(37-46)52-34-28-24-20-16-14-18-22-26-30-36-54-56(42(7)8,43(9)10)44(11)12/h31-32,37,39-44H,13-30,33-36,38H2,1-12H3. The second-order valence-corrected chi connectivity index (χ2v) is 29.5. The molecule has 7 nitrogen and oxygen atoms in total. The molecule has 0 aliphatic rings. The van der Waals surface area contributed by atoms with E-state index in [9.17, 15) is 0 Å². The Hall–Kier alpha value is -1.52. The van der Waals surface area contributed by atoms with Gasteiger partial charge in [0.15, 0.2) is 16.6 Å². The van der Waals surface area contributed by atoms with E-state index in [2.05, 4.69) is 93.1 Å². The van der Waals surface area contributed by atoms with Crippen LogP contribution in [-0.4, -0.2) is 43.1 Å². The monoisotopic (exact) mass is 818 g/mol. The molecule has 1 rings (SSSR count). The van der Waals surface area contributed by atoms with E-state index in [4.69, 9.17) is 23.9 Å². The van der Waals surface area contributed by atoms with Crippen LogP contribution in [-0.2, 0) is 15.4 Å². The van der Waals surface area contributed by atoms with Crippen molar-refractivity contribution in [2.75, 3.05) is 26.4 Å². The lowest BCUT2D eigenvalue weighted by atomic mass is 10.1. The molecular formula is C47H91N3O4Si2. The average molecular weight is 818 g/mol. The zero-order chi connectivity index (χ0) is 41.8. The minimum absolute atomic E-state index is 0.290. The topological polar surface area (TPSA) is 85.7 Å². The maximum Gasteiger partial charge on any atom is 0.200 e. The van der Waals surface area contributed by atoms with Gasteiger partial charge in [0.1, 0.15) is 11.5 Å². The van der Waals surface area contributed by atoms with Gasteiger partial charge in [-0.1, -0.05) is 184 Å². The van der Waals surface area contributed by atoms with Gasteiger partial charge in [-0.2, -0.15) is 0 Å². The quantitative estimate of drug-likeness (QED) is 0.0222. The molecule has 0 spiro atoms. The summed E-state index contributed by atoms with van der Waals surface area (Å²) in [5.74, 6) is 1.61. The highest BCUT2D eigenvalue weighted by Crippen LogP contribution is 2.43. The molecule has 0 aliphatic carbocycles. The third-order valence-corrected chi connectivity index (χ3v) is 24.8. The fourth-order valence-electron chi connectivity index (χ4n) is 9.75. The van der Waals surface area contributed by atoms with E-state index in [1.807, 2.05) is 18.2 Å². The second-order valence-electron chi connectivity index (χ2n) is 18.6. The largest absolute Gasteiger partial charge is 0.493 e. The van der Waals surface area contributed by atoms with Crippen LogP contribution < -0.4 is 9.47 Å². The molecule has 0 amide bonds. The Morgan fingerprint density at radius 1 is 0.464 bits per heavy atom. The Balaban J connectivity index is 2.21. The van der Waals surface area contributed by atoms with Crippen molar-refractivity contribution < 1.29 is 18.3 Å². The number of unbranched alkanes of at least 4 members (excludes halogenated alkanes) is 16. The van der Waals surface area contributed by atoms with Crippen molar-refractivity contribution in [2.24, 2.45) is 5.11 Å². The molecule has 9 heteroatoms. The Morgan fingerprint density at radius 3 is 1.12 bits per heavy atom. The summed E-state index contributed by atoms with van der Waals surface area (Å²) < 4.78 is 25.8. The SMILES string of the molecule is CC(C)[Si](OCCCCCCCCCCCOc1ccc(CN=[N+]=[N-])c(OCCCCCCCCCCCO[Si](C(C)C)(C(C)C)C(C)C)c1)(C(C)C)C(C)C. The van der Waals surface area contributed by atoms with E-state index in [1.165, 1.54) is 103 Å². The highest BCUT2D eigenvalue weighted by Gasteiger charge is 2.45. The van der Waals surface area contributed by atoms with Crippen molar-refractivity contribution >= 4 is 16.6 Å². The maximum atomic E-state index is 8.88. The second kappa shape index (κ2) is 30.5. The Kier molecular flexibility index (Phi) is 28.6. The number of azide groups is 1. The van der Waals surface area contributed by atoms with Crippen LogP contribution in [0.4, 0.5) is 0 Å². The lowest BCUT2D eigenvalue weighted by Gasteiger charge is -2.42. The number of benzene rings is 1. The van der Waals surface area contributed by atoms with Gasteiger partial charge >= 0.3 is 0 Å². The van der Waals surface area contributed by atoms with E-state index in [-0.39, 0.29) is 0 Å². The first-order chi connectivity index (χ1) is 26.8. The summed E-state index contributed by atoms with van der Waals surface area (Å²) in [6.07, 6.45) is 22.5. The normalized spacial score (nSPS) is 12.5. The molecule has 0 unspecified atom stereocenters. The summed E-state index contributed by atoms with van der Waals surface area (Å²) in [4.78, 5) is 2.95. The van der Waals surface area contributed by atoms with Gasteiger partial charge in [0.25, 0.3) is 0 Å². The van der Waals surface area contributed by atoms with Crippen LogP contribution in [0, 0.1) is 0 Å². The fourth-order valence-corrected chi connectivity index (χ4v) is 20.7. The first-order valence-electron chi connectivity index (χ1n) is 23.4. The number of rotatable bonds is 36. The Labute approximate surface area is 349 Å². The molecule has 0 aliphatic heterocycles. The zero-order valence-electron chi connectivity index (χ0n) is 38.9. The highest BCUT2D eigenvalue weighted by atomic mass is 28.4. The molecule has 0 saturated carbocycles. The lowest BCUT2D eigenvalue weighted by Crippen LogP contribution is -2.47. The van der Waals surface area contributed by atoms with Crippen LogP contribution in [0.2, 0.25) is 33.2 Å². The number of ether oxygens (including phenoxy) is 2. The molecule has 1 aromatic carbocycles. The van der Waals surface area contributed by atoms with E-state index >= 15 is 0 Å². The summed E-state index contributed by atoms with van der Waals surface area (Å²) in [6, 6.07) is 5.93. The molecule has 0 heterocycles. The third kappa shape index (κ3) is 19.0. The number of hydrogen-bond acceptors (Lipinski definition) is 5. The molecule has 56 heavy (non-hydrogen) atoms. The minimum Gasteiger partial charge on any atom is -0.493 e. The first kappa shape index (κ1) is 52.5. The van der Waals surface area contributed by atoms with Gasteiger partial charge in [-0.3, -0.25) is 0 Å². The van der Waals surface area contributed by atoms with E-state index in [0.29, 0.717) is 53.0 Å².